The summed E-state index contributed by atoms with van der Waals surface area (Å²) >= 11 is 7.33. The predicted molar refractivity (Wildman–Crippen MR) is 99.2 cm³/mol. The third kappa shape index (κ3) is 4.34. The van der Waals surface area contributed by atoms with Crippen LogP contribution in [0.2, 0.25) is 5.02 Å². The summed E-state index contributed by atoms with van der Waals surface area (Å²) in [6, 6.07) is 15.4. The molecule has 0 spiro atoms. The third-order valence-corrected chi connectivity index (χ3v) is 4.38. The Morgan fingerprint density at radius 3 is 2.75 bits per heavy atom. The molecule has 2 aromatic carbocycles. The maximum atomic E-state index is 12.2. The number of aromatic nitrogens is 1. The number of anilines is 2. The molecule has 4 nitrogen and oxygen atoms in total. The zero-order chi connectivity index (χ0) is 16.9. The summed E-state index contributed by atoms with van der Waals surface area (Å²) in [6.07, 6.45) is 0. The number of rotatable bonds is 5. The average Bonchev–Trinajstić information content (AvgIpc) is 3.03. The van der Waals surface area contributed by atoms with Crippen LogP contribution in [0.5, 0.6) is 0 Å². The lowest BCUT2D eigenvalue weighted by Gasteiger charge is -2.04. The van der Waals surface area contributed by atoms with Crippen LogP contribution in [0.3, 0.4) is 0 Å². The summed E-state index contributed by atoms with van der Waals surface area (Å²) in [7, 11) is 0. The lowest BCUT2D eigenvalue weighted by molar-refractivity contribution is 0.0946. The molecule has 2 N–H and O–H groups in total. The maximum Gasteiger partial charge on any atom is 0.271 e. The molecule has 0 atom stereocenters. The predicted octanol–water partition coefficient (Wildman–Crippen LogP) is 4.78. The molecule has 0 aliphatic heterocycles. The number of aryl methyl sites for hydroxylation is 1. The van der Waals surface area contributed by atoms with Crippen LogP contribution in [0.15, 0.2) is 53.9 Å². The minimum atomic E-state index is -0.189. The van der Waals surface area contributed by atoms with Crippen molar-refractivity contribution >= 4 is 39.7 Å². The van der Waals surface area contributed by atoms with Gasteiger partial charge in [-0.05, 0) is 30.7 Å². The number of amides is 1. The first-order valence-corrected chi connectivity index (χ1v) is 8.68. The van der Waals surface area contributed by atoms with E-state index in [2.05, 4.69) is 15.6 Å². The number of nitrogens with zero attached hydrogens (tertiary/aromatic N) is 1. The highest BCUT2D eigenvalue weighted by Crippen LogP contribution is 2.23. The Balaban J connectivity index is 1.60. The van der Waals surface area contributed by atoms with Gasteiger partial charge in [-0.25, -0.2) is 4.98 Å². The van der Waals surface area contributed by atoms with Crippen molar-refractivity contribution in [2.45, 2.75) is 13.5 Å². The first kappa shape index (κ1) is 16.5. The number of carbonyl (C=O) groups excluding carboxylic acids is 1. The molecule has 0 unspecified atom stereocenters. The summed E-state index contributed by atoms with van der Waals surface area (Å²) in [5.74, 6) is -0.189. The van der Waals surface area contributed by atoms with Gasteiger partial charge >= 0.3 is 0 Å². The number of benzene rings is 2. The molecule has 0 radical (unpaired) electrons. The second-order valence-electron chi connectivity index (χ2n) is 5.34. The van der Waals surface area contributed by atoms with E-state index in [-0.39, 0.29) is 5.91 Å². The van der Waals surface area contributed by atoms with E-state index >= 15 is 0 Å². The molecule has 1 aromatic heterocycles. The van der Waals surface area contributed by atoms with E-state index < -0.39 is 0 Å². The van der Waals surface area contributed by atoms with Gasteiger partial charge in [0.05, 0.1) is 0 Å². The number of carbonyl (C=O) groups is 1. The Hall–Kier alpha value is -2.37. The van der Waals surface area contributed by atoms with Crippen molar-refractivity contribution in [1.82, 2.24) is 10.3 Å². The van der Waals surface area contributed by atoms with Crippen molar-refractivity contribution in [2.75, 3.05) is 5.32 Å². The van der Waals surface area contributed by atoms with Crippen LogP contribution in [0.4, 0.5) is 10.8 Å². The van der Waals surface area contributed by atoms with Crippen LogP contribution >= 0.6 is 22.9 Å². The highest BCUT2D eigenvalue weighted by molar-refractivity contribution is 7.14. The summed E-state index contributed by atoms with van der Waals surface area (Å²) in [4.78, 5) is 16.5. The topological polar surface area (TPSA) is 54.0 Å². The van der Waals surface area contributed by atoms with Crippen LogP contribution < -0.4 is 10.6 Å². The fourth-order valence-corrected chi connectivity index (χ4v) is 3.01. The van der Waals surface area contributed by atoms with Gasteiger partial charge in [0, 0.05) is 22.6 Å². The van der Waals surface area contributed by atoms with Gasteiger partial charge in [-0.3, -0.25) is 4.79 Å². The van der Waals surface area contributed by atoms with Crippen LogP contribution in [0.25, 0.3) is 0 Å². The first-order chi connectivity index (χ1) is 11.6. The average molecular weight is 358 g/mol. The molecule has 0 saturated heterocycles. The third-order valence-electron chi connectivity index (χ3n) is 3.39. The molecular weight excluding hydrogens is 342 g/mol. The Kier molecular flexibility index (Phi) is 5.13. The Morgan fingerprint density at radius 2 is 2.00 bits per heavy atom. The van der Waals surface area contributed by atoms with Crippen molar-refractivity contribution < 1.29 is 4.79 Å². The van der Waals surface area contributed by atoms with Crippen LogP contribution in [0.1, 0.15) is 21.6 Å². The van der Waals surface area contributed by atoms with E-state index in [0.717, 1.165) is 11.3 Å². The van der Waals surface area contributed by atoms with Crippen LogP contribution in [-0.4, -0.2) is 10.9 Å². The van der Waals surface area contributed by atoms with Crippen molar-refractivity contribution in [2.24, 2.45) is 0 Å². The smallest absolute Gasteiger partial charge is 0.271 e. The molecule has 122 valence electrons. The molecule has 6 heteroatoms. The van der Waals surface area contributed by atoms with Gasteiger partial charge in [0.25, 0.3) is 5.91 Å². The van der Waals surface area contributed by atoms with Crippen molar-refractivity contribution in [1.29, 1.82) is 0 Å². The normalized spacial score (nSPS) is 10.4. The molecule has 0 aliphatic rings. The standard InChI is InChI=1S/C18H16ClN3OS/c1-12-5-7-13(8-6-12)10-20-17(23)16-11-24-18(22-16)21-15-4-2-3-14(19)9-15/h2-9,11H,10H2,1H3,(H,20,23)(H,21,22). The van der Waals surface area contributed by atoms with E-state index in [1.54, 1.807) is 17.5 Å². The van der Waals surface area contributed by atoms with Crippen LogP contribution in [0, 0.1) is 6.92 Å². The van der Waals surface area contributed by atoms with Gasteiger partial charge in [0.1, 0.15) is 5.69 Å². The molecular formula is C18H16ClN3OS. The van der Waals surface area contributed by atoms with E-state index in [9.17, 15) is 4.79 Å². The largest absolute Gasteiger partial charge is 0.347 e. The monoisotopic (exact) mass is 357 g/mol. The minimum absolute atomic E-state index is 0.189. The number of thiazole rings is 1. The summed E-state index contributed by atoms with van der Waals surface area (Å²) in [5.41, 5.74) is 3.49. The first-order valence-electron chi connectivity index (χ1n) is 7.42. The summed E-state index contributed by atoms with van der Waals surface area (Å²) in [5, 5.41) is 9.05. The molecule has 1 amide bonds. The van der Waals surface area contributed by atoms with E-state index in [1.165, 1.54) is 16.9 Å². The highest BCUT2D eigenvalue weighted by atomic mass is 35.5. The summed E-state index contributed by atoms with van der Waals surface area (Å²) in [6.45, 7) is 2.51. The number of halogens is 1. The SMILES string of the molecule is Cc1ccc(CNC(=O)c2csc(Nc3cccc(Cl)c3)n2)cc1. The van der Waals surface area contributed by atoms with E-state index in [4.69, 9.17) is 11.6 Å². The van der Waals surface area contributed by atoms with Crippen molar-refractivity contribution in [3.63, 3.8) is 0 Å². The number of hydrogen-bond donors (Lipinski definition) is 2. The molecule has 24 heavy (non-hydrogen) atoms. The molecule has 0 fully saturated rings. The lowest BCUT2D eigenvalue weighted by Crippen LogP contribution is -2.23. The van der Waals surface area contributed by atoms with Gasteiger partial charge in [-0.2, -0.15) is 0 Å². The van der Waals surface area contributed by atoms with Gasteiger partial charge in [0.15, 0.2) is 5.13 Å². The van der Waals surface area contributed by atoms with E-state index in [1.807, 2.05) is 43.3 Å². The molecule has 0 bridgehead atoms. The zero-order valence-corrected chi connectivity index (χ0v) is 14.6. The molecule has 0 aliphatic carbocycles. The number of nitrogens with one attached hydrogen (secondary N) is 2. The van der Waals surface area contributed by atoms with Gasteiger partial charge < -0.3 is 10.6 Å². The fourth-order valence-electron chi connectivity index (χ4n) is 2.10. The summed E-state index contributed by atoms with van der Waals surface area (Å²) < 4.78 is 0. The second kappa shape index (κ2) is 7.47. The fraction of sp³-hybridized carbons (Fsp3) is 0.111. The maximum absolute atomic E-state index is 12.2. The Labute approximate surface area is 149 Å². The quantitative estimate of drug-likeness (QED) is 0.691. The van der Waals surface area contributed by atoms with E-state index in [0.29, 0.717) is 22.4 Å². The molecule has 0 saturated carbocycles. The van der Waals surface area contributed by atoms with Crippen LogP contribution in [-0.2, 0) is 6.54 Å². The highest BCUT2D eigenvalue weighted by Gasteiger charge is 2.10. The second-order valence-corrected chi connectivity index (χ2v) is 6.64. The molecule has 1 heterocycles. The van der Waals surface area contributed by atoms with Crippen molar-refractivity contribution in [3.8, 4) is 0 Å². The molecule has 3 aromatic rings. The van der Waals surface area contributed by atoms with Gasteiger partial charge in [0.2, 0.25) is 0 Å². The minimum Gasteiger partial charge on any atom is -0.347 e. The Morgan fingerprint density at radius 1 is 1.21 bits per heavy atom. The van der Waals surface area contributed by atoms with Crippen molar-refractivity contribution in [3.05, 3.63) is 75.8 Å². The van der Waals surface area contributed by atoms with Gasteiger partial charge in [-0.1, -0.05) is 47.5 Å². The lowest BCUT2D eigenvalue weighted by atomic mass is 10.1. The van der Waals surface area contributed by atoms with Gasteiger partial charge in [-0.15, -0.1) is 11.3 Å². The number of hydrogen-bond acceptors (Lipinski definition) is 4. The molecule has 3 rings (SSSR count). The zero-order valence-electron chi connectivity index (χ0n) is 13.0. The Bertz CT molecular complexity index is 845.